The van der Waals surface area contributed by atoms with Crippen LogP contribution in [0.15, 0.2) is 30.3 Å². The maximum absolute atomic E-state index is 10.8. The lowest BCUT2D eigenvalue weighted by molar-refractivity contribution is 0.0137. The number of hydrogen-bond donors (Lipinski definition) is 2. The number of aliphatic hydroxyl groups is 1. The van der Waals surface area contributed by atoms with Crippen LogP contribution in [-0.4, -0.2) is 42.2 Å². The molecule has 3 nitrogen and oxygen atoms in total. The van der Waals surface area contributed by atoms with Gasteiger partial charge < -0.3 is 10.4 Å². The van der Waals surface area contributed by atoms with Crippen LogP contribution in [-0.2, 0) is 5.60 Å². The third-order valence-corrected chi connectivity index (χ3v) is 4.11. The molecular formula is C17H28N2O. The zero-order valence-corrected chi connectivity index (χ0v) is 12.8. The van der Waals surface area contributed by atoms with Crippen LogP contribution in [0.3, 0.4) is 0 Å². The molecule has 2 unspecified atom stereocenters. The summed E-state index contributed by atoms with van der Waals surface area (Å²) in [6, 6.07) is 10.6. The topological polar surface area (TPSA) is 35.5 Å². The molecule has 1 saturated heterocycles. The maximum Gasteiger partial charge on any atom is 0.0994 e. The van der Waals surface area contributed by atoms with Gasteiger partial charge >= 0.3 is 0 Å². The quantitative estimate of drug-likeness (QED) is 0.802. The van der Waals surface area contributed by atoms with Gasteiger partial charge in [-0.15, -0.1) is 0 Å². The van der Waals surface area contributed by atoms with Crippen molar-refractivity contribution in [2.75, 3.05) is 26.2 Å². The van der Waals surface area contributed by atoms with Gasteiger partial charge in [0.1, 0.15) is 0 Å². The number of rotatable bonds is 7. The Morgan fingerprint density at radius 3 is 2.70 bits per heavy atom. The predicted octanol–water partition coefficient (Wildman–Crippen LogP) is 2.36. The van der Waals surface area contributed by atoms with E-state index in [0.29, 0.717) is 12.6 Å². The van der Waals surface area contributed by atoms with E-state index in [9.17, 15) is 5.11 Å². The Morgan fingerprint density at radius 2 is 2.10 bits per heavy atom. The first-order chi connectivity index (χ1) is 9.62. The minimum atomic E-state index is -0.783. The van der Waals surface area contributed by atoms with Crippen LogP contribution in [0.25, 0.3) is 0 Å². The van der Waals surface area contributed by atoms with Gasteiger partial charge in [0, 0.05) is 19.1 Å². The molecule has 0 radical (unpaired) electrons. The Labute approximate surface area is 123 Å². The van der Waals surface area contributed by atoms with Gasteiger partial charge in [0.25, 0.3) is 0 Å². The maximum atomic E-state index is 10.8. The van der Waals surface area contributed by atoms with Gasteiger partial charge in [0.05, 0.1) is 5.60 Å². The smallest absolute Gasteiger partial charge is 0.0994 e. The van der Waals surface area contributed by atoms with Crippen LogP contribution in [0.2, 0.25) is 0 Å². The molecule has 0 bridgehead atoms. The molecule has 20 heavy (non-hydrogen) atoms. The van der Waals surface area contributed by atoms with Crippen molar-refractivity contribution < 1.29 is 5.11 Å². The third-order valence-electron chi connectivity index (χ3n) is 4.11. The fraction of sp³-hybridized carbons (Fsp3) is 0.647. The van der Waals surface area contributed by atoms with Gasteiger partial charge in [0.2, 0.25) is 0 Å². The van der Waals surface area contributed by atoms with E-state index in [0.717, 1.165) is 31.6 Å². The second kappa shape index (κ2) is 7.21. The van der Waals surface area contributed by atoms with Crippen molar-refractivity contribution in [2.24, 2.45) is 0 Å². The highest BCUT2D eigenvalue weighted by Gasteiger charge is 2.27. The summed E-state index contributed by atoms with van der Waals surface area (Å²) < 4.78 is 0. The summed E-state index contributed by atoms with van der Waals surface area (Å²) >= 11 is 0. The fourth-order valence-corrected chi connectivity index (χ4v) is 3.10. The summed E-state index contributed by atoms with van der Waals surface area (Å²) in [5.41, 5.74) is 0.218. The average Bonchev–Trinajstić information content (AvgIpc) is 2.92. The van der Waals surface area contributed by atoms with E-state index >= 15 is 0 Å². The Kier molecular flexibility index (Phi) is 5.58. The van der Waals surface area contributed by atoms with Crippen LogP contribution >= 0.6 is 0 Å². The van der Waals surface area contributed by atoms with Gasteiger partial charge in [-0.25, -0.2) is 0 Å². The molecule has 1 aromatic carbocycles. The molecule has 2 atom stereocenters. The highest BCUT2D eigenvalue weighted by molar-refractivity contribution is 5.21. The van der Waals surface area contributed by atoms with E-state index in [1.165, 1.54) is 12.8 Å². The van der Waals surface area contributed by atoms with Crippen molar-refractivity contribution in [3.05, 3.63) is 35.9 Å². The molecule has 0 amide bonds. The summed E-state index contributed by atoms with van der Waals surface area (Å²) in [6.45, 7) is 8.04. The van der Waals surface area contributed by atoms with Gasteiger partial charge in [0.15, 0.2) is 0 Å². The minimum Gasteiger partial charge on any atom is -0.384 e. The van der Waals surface area contributed by atoms with Crippen molar-refractivity contribution in [1.29, 1.82) is 0 Å². The molecule has 1 aliphatic heterocycles. The average molecular weight is 276 g/mol. The van der Waals surface area contributed by atoms with E-state index in [2.05, 4.69) is 17.1 Å². The van der Waals surface area contributed by atoms with Gasteiger partial charge in [-0.2, -0.15) is 0 Å². The first-order valence-electron chi connectivity index (χ1n) is 7.85. The Bertz CT molecular complexity index is 385. The molecule has 1 heterocycles. The first-order valence-corrected chi connectivity index (χ1v) is 7.85. The summed E-state index contributed by atoms with van der Waals surface area (Å²) in [5.74, 6) is 0. The van der Waals surface area contributed by atoms with E-state index < -0.39 is 5.60 Å². The van der Waals surface area contributed by atoms with Crippen LogP contribution in [0.4, 0.5) is 0 Å². The highest BCUT2D eigenvalue weighted by Crippen LogP contribution is 2.22. The van der Waals surface area contributed by atoms with Crippen molar-refractivity contribution >= 4 is 0 Å². The zero-order valence-electron chi connectivity index (χ0n) is 12.8. The van der Waals surface area contributed by atoms with E-state index in [-0.39, 0.29) is 0 Å². The standard InChI is InChI=1S/C17H28N2O/c1-3-12-19(13-16-10-7-11-18-16)14-17(2,20)15-8-5-4-6-9-15/h4-6,8-9,16,18,20H,3,7,10-14H2,1-2H3. The summed E-state index contributed by atoms with van der Waals surface area (Å²) in [5, 5.41) is 14.3. The molecular weight excluding hydrogens is 248 g/mol. The Morgan fingerprint density at radius 1 is 1.35 bits per heavy atom. The molecule has 0 spiro atoms. The van der Waals surface area contributed by atoms with E-state index in [4.69, 9.17) is 0 Å². The first kappa shape index (κ1) is 15.5. The second-order valence-electron chi connectivity index (χ2n) is 6.17. The lowest BCUT2D eigenvalue weighted by atomic mass is 9.95. The molecule has 2 N–H and O–H groups in total. The van der Waals surface area contributed by atoms with Crippen LogP contribution in [0.5, 0.6) is 0 Å². The second-order valence-corrected chi connectivity index (χ2v) is 6.17. The Balaban J connectivity index is 1.98. The summed E-state index contributed by atoms with van der Waals surface area (Å²) in [6.07, 6.45) is 3.66. The lowest BCUT2D eigenvalue weighted by Crippen LogP contribution is -2.44. The van der Waals surface area contributed by atoms with Crippen LogP contribution in [0, 0.1) is 0 Å². The molecule has 0 aromatic heterocycles. The monoisotopic (exact) mass is 276 g/mol. The molecule has 0 saturated carbocycles. The molecule has 112 valence electrons. The van der Waals surface area contributed by atoms with E-state index in [1.807, 2.05) is 37.3 Å². The SMILES string of the molecule is CCCN(CC1CCCN1)CC(C)(O)c1ccccc1. The lowest BCUT2D eigenvalue weighted by Gasteiger charge is -2.33. The van der Waals surface area contributed by atoms with Crippen LogP contribution < -0.4 is 5.32 Å². The molecule has 1 fully saturated rings. The molecule has 1 aliphatic rings. The molecule has 0 aliphatic carbocycles. The van der Waals surface area contributed by atoms with Gasteiger partial charge in [-0.3, -0.25) is 4.90 Å². The van der Waals surface area contributed by atoms with Crippen molar-refractivity contribution in [3.8, 4) is 0 Å². The van der Waals surface area contributed by atoms with Crippen LogP contribution in [0.1, 0.15) is 38.7 Å². The zero-order chi connectivity index (χ0) is 14.4. The Hall–Kier alpha value is -0.900. The van der Waals surface area contributed by atoms with Crippen molar-refractivity contribution in [2.45, 2.75) is 44.8 Å². The third kappa shape index (κ3) is 4.30. The summed E-state index contributed by atoms with van der Waals surface area (Å²) in [4.78, 5) is 2.40. The highest BCUT2D eigenvalue weighted by atomic mass is 16.3. The number of nitrogens with zero attached hydrogens (tertiary/aromatic N) is 1. The summed E-state index contributed by atoms with van der Waals surface area (Å²) in [7, 11) is 0. The normalized spacial score (nSPS) is 22.1. The molecule has 3 heteroatoms. The number of hydrogen-bond acceptors (Lipinski definition) is 3. The van der Waals surface area contributed by atoms with Gasteiger partial charge in [-0.05, 0) is 44.8 Å². The number of benzene rings is 1. The number of nitrogens with one attached hydrogen (secondary N) is 1. The molecule has 1 aromatic rings. The predicted molar refractivity (Wildman–Crippen MR) is 83.8 cm³/mol. The van der Waals surface area contributed by atoms with E-state index in [1.54, 1.807) is 0 Å². The van der Waals surface area contributed by atoms with Crippen molar-refractivity contribution in [3.63, 3.8) is 0 Å². The van der Waals surface area contributed by atoms with Crippen molar-refractivity contribution in [1.82, 2.24) is 10.2 Å². The largest absolute Gasteiger partial charge is 0.384 e. The fourth-order valence-electron chi connectivity index (χ4n) is 3.10. The minimum absolute atomic E-state index is 0.591. The van der Waals surface area contributed by atoms with Gasteiger partial charge in [-0.1, -0.05) is 37.3 Å². The molecule has 2 rings (SSSR count).